The Balaban J connectivity index is 1.34. The van der Waals surface area contributed by atoms with Crippen LogP contribution in [0.3, 0.4) is 0 Å². The molecule has 1 aliphatic heterocycles. The van der Waals surface area contributed by atoms with E-state index in [1.54, 1.807) is 7.11 Å². The number of hydrogen-bond donors (Lipinski definition) is 0. The van der Waals surface area contributed by atoms with Crippen LogP contribution < -0.4 is 4.74 Å². The Hall–Kier alpha value is -2.83. The Kier molecular flexibility index (Phi) is 10.0. The SMILES string of the molecule is CCN(CCc1cccc(OC2=C(OC)CC=CC=C2)c1)C1CCCN(C(=O)Cc2ccccc2Br)C1. The number of allylic oxidation sites excluding steroid dienone is 4. The number of hydrogen-bond acceptors (Lipinski definition) is 4. The van der Waals surface area contributed by atoms with E-state index in [9.17, 15) is 4.79 Å². The third-order valence-corrected chi connectivity index (χ3v) is 7.88. The summed E-state index contributed by atoms with van der Waals surface area (Å²) in [7, 11) is 1.68. The molecule has 196 valence electrons. The Bertz CT molecular complexity index is 1160. The molecule has 1 unspecified atom stereocenters. The molecule has 2 aliphatic rings. The number of piperidine rings is 1. The molecule has 0 bridgehead atoms. The predicted octanol–water partition coefficient (Wildman–Crippen LogP) is 6.30. The van der Waals surface area contributed by atoms with Gasteiger partial charge in [0.15, 0.2) is 5.76 Å². The normalized spacial score (nSPS) is 17.7. The highest BCUT2D eigenvalue weighted by molar-refractivity contribution is 9.10. The molecule has 4 rings (SSSR count). The number of ether oxygens (including phenoxy) is 2. The van der Waals surface area contributed by atoms with Crippen molar-refractivity contribution >= 4 is 21.8 Å². The maximum atomic E-state index is 13.1. The van der Waals surface area contributed by atoms with Gasteiger partial charge in [-0.05, 0) is 61.2 Å². The lowest BCUT2D eigenvalue weighted by Gasteiger charge is -2.39. The van der Waals surface area contributed by atoms with Crippen LogP contribution in [-0.4, -0.2) is 55.0 Å². The average Bonchev–Trinajstić information content (AvgIpc) is 3.15. The first kappa shape index (κ1) is 27.2. The molecule has 0 radical (unpaired) electrons. The Labute approximate surface area is 229 Å². The summed E-state index contributed by atoms with van der Waals surface area (Å²) in [5.41, 5.74) is 2.29. The highest BCUT2D eigenvalue weighted by Gasteiger charge is 2.27. The van der Waals surface area contributed by atoms with Crippen LogP contribution >= 0.6 is 15.9 Å². The number of methoxy groups -OCH3 is 1. The molecule has 2 aromatic carbocycles. The number of halogens is 1. The van der Waals surface area contributed by atoms with Crippen LogP contribution in [0.15, 0.2) is 88.8 Å². The lowest BCUT2D eigenvalue weighted by molar-refractivity contribution is -0.132. The van der Waals surface area contributed by atoms with Crippen molar-refractivity contribution in [2.24, 2.45) is 0 Å². The maximum absolute atomic E-state index is 13.1. The number of amides is 1. The van der Waals surface area contributed by atoms with Crippen molar-refractivity contribution in [2.45, 2.75) is 45.1 Å². The summed E-state index contributed by atoms with van der Waals surface area (Å²) in [5, 5.41) is 0. The van der Waals surface area contributed by atoms with Gasteiger partial charge in [0.05, 0.1) is 13.5 Å². The molecular weight excluding hydrogens is 528 g/mol. The molecule has 1 saturated heterocycles. The quantitative estimate of drug-likeness (QED) is 0.339. The fourth-order valence-corrected chi connectivity index (χ4v) is 5.45. The first-order valence-electron chi connectivity index (χ1n) is 13.2. The molecule has 37 heavy (non-hydrogen) atoms. The molecule has 2 aromatic rings. The summed E-state index contributed by atoms with van der Waals surface area (Å²) in [5.74, 6) is 2.60. The minimum atomic E-state index is 0.213. The summed E-state index contributed by atoms with van der Waals surface area (Å²) < 4.78 is 12.7. The number of likely N-dealkylation sites (N-methyl/N-ethyl adjacent to an activating group) is 1. The van der Waals surface area contributed by atoms with Gasteiger partial charge in [-0.25, -0.2) is 0 Å². The second-order valence-electron chi connectivity index (χ2n) is 9.51. The molecule has 0 saturated carbocycles. The van der Waals surface area contributed by atoms with Crippen molar-refractivity contribution in [2.75, 3.05) is 33.3 Å². The molecule has 1 atom stereocenters. The molecule has 0 N–H and O–H groups in total. The zero-order valence-corrected chi connectivity index (χ0v) is 23.5. The third-order valence-electron chi connectivity index (χ3n) is 7.10. The molecule has 6 heteroatoms. The van der Waals surface area contributed by atoms with E-state index in [0.29, 0.717) is 18.9 Å². The molecule has 1 amide bonds. The van der Waals surface area contributed by atoms with Gasteiger partial charge in [-0.15, -0.1) is 0 Å². The van der Waals surface area contributed by atoms with E-state index >= 15 is 0 Å². The Morgan fingerprint density at radius 2 is 2.03 bits per heavy atom. The predicted molar refractivity (Wildman–Crippen MR) is 152 cm³/mol. The smallest absolute Gasteiger partial charge is 0.227 e. The zero-order chi connectivity index (χ0) is 26.0. The standard InChI is InChI=1S/C31H37BrN2O3/c1-3-33(26-13-10-19-34(23-26)31(35)22-25-12-7-8-15-28(25)32)20-18-24-11-9-14-27(21-24)37-30-17-6-4-5-16-29(30)36-2/h4-9,11-12,14-15,17,21,26H,3,10,13,16,18-20,22-23H2,1-2H3. The van der Waals surface area contributed by atoms with Gasteiger partial charge in [-0.1, -0.05) is 71.4 Å². The number of benzene rings is 2. The highest BCUT2D eigenvalue weighted by atomic mass is 79.9. The van der Waals surface area contributed by atoms with Gasteiger partial charge in [0.1, 0.15) is 11.5 Å². The zero-order valence-electron chi connectivity index (χ0n) is 21.9. The minimum absolute atomic E-state index is 0.213. The van der Waals surface area contributed by atoms with E-state index < -0.39 is 0 Å². The van der Waals surface area contributed by atoms with Gasteiger partial charge in [0, 0.05) is 36.6 Å². The third kappa shape index (κ3) is 7.59. The largest absolute Gasteiger partial charge is 0.497 e. The highest BCUT2D eigenvalue weighted by Crippen LogP contribution is 2.24. The minimum Gasteiger partial charge on any atom is -0.497 e. The lowest BCUT2D eigenvalue weighted by Crippen LogP contribution is -2.50. The number of carbonyl (C=O) groups is 1. The van der Waals surface area contributed by atoms with Crippen LogP contribution in [0.1, 0.15) is 37.3 Å². The number of rotatable bonds is 10. The monoisotopic (exact) mass is 564 g/mol. The first-order chi connectivity index (χ1) is 18.1. The van der Waals surface area contributed by atoms with Crippen molar-refractivity contribution in [1.82, 2.24) is 9.80 Å². The number of likely N-dealkylation sites (tertiary alicyclic amines) is 1. The van der Waals surface area contributed by atoms with E-state index in [1.807, 2.05) is 48.6 Å². The summed E-state index contributed by atoms with van der Waals surface area (Å²) in [6, 6.07) is 16.7. The van der Waals surface area contributed by atoms with Crippen LogP contribution in [0.4, 0.5) is 0 Å². The fourth-order valence-electron chi connectivity index (χ4n) is 5.02. The Morgan fingerprint density at radius 3 is 2.84 bits per heavy atom. The summed E-state index contributed by atoms with van der Waals surface area (Å²) in [4.78, 5) is 17.7. The number of nitrogens with zero attached hydrogens (tertiary/aromatic N) is 2. The van der Waals surface area contributed by atoms with E-state index in [4.69, 9.17) is 9.47 Å². The van der Waals surface area contributed by atoms with Crippen molar-refractivity contribution < 1.29 is 14.3 Å². The fraction of sp³-hybridized carbons (Fsp3) is 0.387. The number of carbonyl (C=O) groups excluding carboxylic acids is 1. The molecule has 0 spiro atoms. The van der Waals surface area contributed by atoms with Crippen molar-refractivity contribution in [1.29, 1.82) is 0 Å². The second kappa shape index (κ2) is 13.6. The second-order valence-corrected chi connectivity index (χ2v) is 10.4. The van der Waals surface area contributed by atoms with Gasteiger partial charge < -0.3 is 14.4 Å². The van der Waals surface area contributed by atoms with Gasteiger partial charge in [0.2, 0.25) is 5.91 Å². The van der Waals surface area contributed by atoms with Crippen molar-refractivity contribution in [3.05, 3.63) is 100.0 Å². The van der Waals surface area contributed by atoms with Gasteiger partial charge in [-0.3, -0.25) is 9.69 Å². The van der Waals surface area contributed by atoms with Gasteiger partial charge >= 0.3 is 0 Å². The van der Waals surface area contributed by atoms with Crippen LogP contribution in [0.25, 0.3) is 0 Å². The van der Waals surface area contributed by atoms with Crippen LogP contribution in [-0.2, 0) is 22.4 Å². The molecule has 1 aliphatic carbocycles. The molecular formula is C31H37BrN2O3. The van der Waals surface area contributed by atoms with Crippen LogP contribution in [0.2, 0.25) is 0 Å². The lowest BCUT2D eigenvalue weighted by atomic mass is 10.0. The van der Waals surface area contributed by atoms with E-state index in [0.717, 1.165) is 72.7 Å². The van der Waals surface area contributed by atoms with E-state index in [2.05, 4.69) is 56.9 Å². The summed E-state index contributed by atoms with van der Waals surface area (Å²) in [6.45, 7) is 5.78. The first-order valence-corrected chi connectivity index (χ1v) is 14.0. The van der Waals surface area contributed by atoms with E-state index in [1.165, 1.54) is 5.56 Å². The average molecular weight is 566 g/mol. The van der Waals surface area contributed by atoms with Gasteiger partial charge in [0.25, 0.3) is 0 Å². The summed E-state index contributed by atoms with van der Waals surface area (Å²) in [6.07, 6.45) is 12.2. The van der Waals surface area contributed by atoms with Crippen LogP contribution in [0.5, 0.6) is 5.75 Å². The maximum Gasteiger partial charge on any atom is 0.227 e. The molecule has 1 fully saturated rings. The van der Waals surface area contributed by atoms with Crippen molar-refractivity contribution in [3.63, 3.8) is 0 Å². The molecule has 5 nitrogen and oxygen atoms in total. The van der Waals surface area contributed by atoms with Crippen molar-refractivity contribution in [3.8, 4) is 5.75 Å². The van der Waals surface area contributed by atoms with Gasteiger partial charge in [-0.2, -0.15) is 0 Å². The summed E-state index contributed by atoms with van der Waals surface area (Å²) >= 11 is 3.58. The Morgan fingerprint density at radius 1 is 1.16 bits per heavy atom. The molecule has 1 heterocycles. The van der Waals surface area contributed by atoms with Crippen LogP contribution in [0, 0.1) is 0 Å². The van der Waals surface area contributed by atoms with E-state index in [-0.39, 0.29) is 5.91 Å². The molecule has 0 aromatic heterocycles. The topological polar surface area (TPSA) is 42.0 Å².